The zero-order valence-corrected chi connectivity index (χ0v) is 15.2. The highest BCUT2D eigenvalue weighted by atomic mass is 16.5. The number of rotatable bonds is 7. The normalized spacial score (nSPS) is 12.2. The third kappa shape index (κ3) is 4.86. The van der Waals surface area contributed by atoms with E-state index in [-0.39, 0.29) is 6.04 Å². The highest BCUT2D eigenvalue weighted by Crippen LogP contribution is 2.26. The van der Waals surface area contributed by atoms with E-state index in [1.165, 1.54) is 0 Å². The van der Waals surface area contributed by atoms with Gasteiger partial charge in [0.15, 0.2) is 0 Å². The summed E-state index contributed by atoms with van der Waals surface area (Å²) in [6.45, 7) is 4.78. The average Bonchev–Trinajstić information content (AvgIpc) is 2.67. The van der Waals surface area contributed by atoms with Gasteiger partial charge in [-0.1, -0.05) is 26.0 Å². The molecule has 3 heterocycles. The maximum Gasteiger partial charge on any atom is 0.123 e. The Morgan fingerprint density at radius 2 is 1.46 bits per heavy atom. The van der Waals surface area contributed by atoms with E-state index in [4.69, 9.17) is 15.5 Å². The maximum atomic E-state index is 6.16. The van der Waals surface area contributed by atoms with E-state index in [1.807, 2.05) is 48.5 Å². The fraction of sp³-hybridized carbons (Fsp3) is 0.286. The van der Waals surface area contributed by atoms with Crippen molar-refractivity contribution in [2.75, 3.05) is 6.61 Å². The molecule has 3 aromatic rings. The van der Waals surface area contributed by atoms with Crippen LogP contribution < -0.4 is 10.5 Å². The van der Waals surface area contributed by atoms with Crippen LogP contribution in [0.3, 0.4) is 0 Å². The summed E-state index contributed by atoms with van der Waals surface area (Å²) in [6.07, 6.45) is 4.43. The number of hydrogen-bond acceptors (Lipinski definition) is 5. The van der Waals surface area contributed by atoms with Gasteiger partial charge in [0.05, 0.1) is 22.8 Å². The molecule has 5 nitrogen and oxygen atoms in total. The molecule has 0 amide bonds. The molecule has 0 radical (unpaired) electrons. The number of nitrogens with two attached hydrogens (primary N) is 1. The predicted octanol–water partition coefficient (Wildman–Crippen LogP) is 3.96. The first-order valence-corrected chi connectivity index (χ1v) is 8.85. The fourth-order valence-corrected chi connectivity index (χ4v) is 2.76. The molecule has 0 saturated heterocycles. The van der Waals surface area contributed by atoms with E-state index in [9.17, 15) is 0 Å². The minimum atomic E-state index is -0.000217. The van der Waals surface area contributed by atoms with Crippen LogP contribution in [0.1, 0.15) is 20.3 Å². The van der Waals surface area contributed by atoms with Crippen molar-refractivity contribution in [3.8, 4) is 28.5 Å². The van der Waals surface area contributed by atoms with Gasteiger partial charge in [0.2, 0.25) is 0 Å². The van der Waals surface area contributed by atoms with Crippen LogP contribution >= 0.6 is 0 Å². The molecular weight excluding hydrogens is 324 g/mol. The van der Waals surface area contributed by atoms with Gasteiger partial charge in [-0.05, 0) is 36.6 Å². The molecule has 134 valence electrons. The van der Waals surface area contributed by atoms with E-state index in [1.54, 1.807) is 12.4 Å². The summed E-state index contributed by atoms with van der Waals surface area (Å²) in [5, 5.41) is 0. The molecular formula is C21H24N4O. The van der Waals surface area contributed by atoms with E-state index in [2.05, 4.69) is 23.8 Å². The van der Waals surface area contributed by atoms with Crippen LogP contribution in [0.2, 0.25) is 0 Å². The summed E-state index contributed by atoms with van der Waals surface area (Å²) >= 11 is 0. The second-order valence-corrected chi connectivity index (χ2v) is 6.70. The van der Waals surface area contributed by atoms with Crippen molar-refractivity contribution in [2.45, 2.75) is 26.3 Å². The van der Waals surface area contributed by atoms with E-state index in [0.717, 1.165) is 34.9 Å². The molecule has 1 atom stereocenters. The van der Waals surface area contributed by atoms with Crippen LogP contribution in [-0.4, -0.2) is 27.6 Å². The van der Waals surface area contributed by atoms with Gasteiger partial charge < -0.3 is 10.5 Å². The smallest absolute Gasteiger partial charge is 0.123 e. The second kappa shape index (κ2) is 8.54. The SMILES string of the molecule is CC(C)CC(N)COc1cc(-c2ccccn2)nc(-c2ccccn2)c1. The Labute approximate surface area is 154 Å². The van der Waals surface area contributed by atoms with Crippen LogP contribution in [0.25, 0.3) is 22.8 Å². The van der Waals surface area contributed by atoms with Gasteiger partial charge in [0.25, 0.3) is 0 Å². The molecule has 3 aromatic heterocycles. The van der Waals surface area contributed by atoms with E-state index < -0.39 is 0 Å². The summed E-state index contributed by atoms with van der Waals surface area (Å²) in [6, 6.07) is 15.3. The highest BCUT2D eigenvalue weighted by molar-refractivity contribution is 5.64. The Hall–Kier alpha value is -2.79. The standard InChI is InChI=1S/C21H24N4O/c1-15(2)11-16(22)14-26-17-12-20(18-7-3-5-9-23-18)25-21(13-17)19-8-4-6-10-24-19/h3-10,12-13,15-16H,11,14,22H2,1-2H3. The fourth-order valence-electron chi connectivity index (χ4n) is 2.76. The van der Waals surface area contributed by atoms with Gasteiger partial charge in [0.1, 0.15) is 12.4 Å². The third-order valence-corrected chi connectivity index (χ3v) is 3.89. The Morgan fingerprint density at radius 1 is 0.885 bits per heavy atom. The Bertz CT molecular complexity index is 764. The first-order valence-electron chi connectivity index (χ1n) is 8.85. The summed E-state index contributed by atoms with van der Waals surface area (Å²) < 4.78 is 5.97. The molecule has 0 spiro atoms. The van der Waals surface area contributed by atoms with E-state index >= 15 is 0 Å². The summed E-state index contributed by atoms with van der Waals surface area (Å²) in [5.74, 6) is 1.26. The molecule has 0 saturated carbocycles. The zero-order chi connectivity index (χ0) is 18.4. The first-order chi connectivity index (χ1) is 12.6. The van der Waals surface area contributed by atoms with Crippen molar-refractivity contribution in [2.24, 2.45) is 11.7 Å². The molecule has 0 aliphatic rings. The zero-order valence-electron chi connectivity index (χ0n) is 15.2. The molecule has 0 aliphatic heterocycles. The minimum absolute atomic E-state index is 0.000217. The molecule has 1 unspecified atom stereocenters. The molecule has 26 heavy (non-hydrogen) atoms. The van der Waals surface area contributed by atoms with Crippen molar-refractivity contribution in [3.63, 3.8) is 0 Å². The lowest BCUT2D eigenvalue weighted by Gasteiger charge is -2.16. The maximum absolute atomic E-state index is 6.16. The Kier molecular flexibility index (Phi) is 5.92. The quantitative estimate of drug-likeness (QED) is 0.699. The van der Waals surface area contributed by atoms with Gasteiger partial charge in [-0.15, -0.1) is 0 Å². The van der Waals surface area contributed by atoms with Crippen molar-refractivity contribution >= 4 is 0 Å². The molecule has 0 aromatic carbocycles. The first kappa shape index (κ1) is 18.0. The molecule has 5 heteroatoms. The average molecular weight is 348 g/mol. The minimum Gasteiger partial charge on any atom is -0.492 e. The van der Waals surface area contributed by atoms with Gasteiger partial charge in [-0.2, -0.15) is 0 Å². The van der Waals surface area contributed by atoms with Crippen LogP contribution in [-0.2, 0) is 0 Å². The van der Waals surface area contributed by atoms with Gasteiger partial charge in [-0.3, -0.25) is 9.97 Å². The van der Waals surface area contributed by atoms with Crippen LogP contribution in [0.5, 0.6) is 5.75 Å². The lowest BCUT2D eigenvalue weighted by molar-refractivity contribution is 0.271. The lowest BCUT2D eigenvalue weighted by Crippen LogP contribution is -2.29. The van der Waals surface area contributed by atoms with Crippen molar-refractivity contribution in [1.82, 2.24) is 15.0 Å². The van der Waals surface area contributed by atoms with Crippen LogP contribution in [0.4, 0.5) is 0 Å². The molecule has 0 bridgehead atoms. The van der Waals surface area contributed by atoms with Gasteiger partial charge in [-0.25, -0.2) is 4.98 Å². The highest BCUT2D eigenvalue weighted by Gasteiger charge is 2.11. The number of pyridine rings is 3. The Balaban J connectivity index is 1.90. The predicted molar refractivity (Wildman–Crippen MR) is 104 cm³/mol. The number of hydrogen-bond donors (Lipinski definition) is 1. The number of nitrogens with zero attached hydrogens (tertiary/aromatic N) is 3. The van der Waals surface area contributed by atoms with Crippen LogP contribution in [0.15, 0.2) is 60.9 Å². The summed E-state index contributed by atoms with van der Waals surface area (Å²) in [7, 11) is 0. The monoisotopic (exact) mass is 348 g/mol. The summed E-state index contributed by atoms with van der Waals surface area (Å²) in [4.78, 5) is 13.5. The number of aromatic nitrogens is 3. The Morgan fingerprint density at radius 3 is 1.92 bits per heavy atom. The lowest BCUT2D eigenvalue weighted by atomic mass is 10.1. The van der Waals surface area contributed by atoms with Crippen molar-refractivity contribution < 1.29 is 4.74 Å². The number of ether oxygens (including phenoxy) is 1. The largest absolute Gasteiger partial charge is 0.492 e. The molecule has 0 aliphatic carbocycles. The van der Waals surface area contributed by atoms with E-state index in [0.29, 0.717) is 12.5 Å². The summed E-state index contributed by atoms with van der Waals surface area (Å²) in [5.41, 5.74) is 9.24. The molecule has 3 rings (SSSR count). The van der Waals surface area contributed by atoms with Crippen molar-refractivity contribution in [3.05, 3.63) is 60.9 Å². The van der Waals surface area contributed by atoms with Crippen molar-refractivity contribution in [1.29, 1.82) is 0 Å². The molecule has 0 fully saturated rings. The second-order valence-electron chi connectivity index (χ2n) is 6.70. The molecule has 2 N–H and O–H groups in total. The van der Waals surface area contributed by atoms with Gasteiger partial charge in [0, 0.05) is 30.6 Å². The van der Waals surface area contributed by atoms with Crippen LogP contribution in [0, 0.1) is 5.92 Å². The topological polar surface area (TPSA) is 73.9 Å². The van der Waals surface area contributed by atoms with Gasteiger partial charge >= 0.3 is 0 Å². The third-order valence-electron chi connectivity index (χ3n) is 3.89.